The molecule has 4 saturated carbocycles. The van der Waals surface area contributed by atoms with E-state index in [0.717, 1.165) is 23.5 Å². The van der Waals surface area contributed by atoms with Gasteiger partial charge in [0.2, 0.25) is 5.91 Å². The summed E-state index contributed by atoms with van der Waals surface area (Å²) in [5.41, 5.74) is 1.28. The van der Waals surface area contributed by atoms with E-state index in [4.69, 9.17) is 0 Å². The van der Waals surface area contributed by atoms with Crippen molar-refractivity contribution in [3.8, 4) is 0 Å². The van der Waals surface area contributed by atoms with Gasteiger partial charge in [0.1, 0.15) is 0 Å². The molecule has 0 heterocycles. The minimum atomic E-state index is 0.0424. The van der Waals surface area contributed by atoms with Crippen molar-refractivity contribution in [2.75, 3.05) is 0 Å². The number of rotatable bonds is 2. The second-order valence-electron chi connectivity index (χ2n) is 6.36. The van der Waals surface area contributed by atoms with Crippen molar-refractivity contribution in [2.45, 2.75) is 45.4 Å². The van der Waals surface area contributed by atoms with Crippen molar-refractivity contribution in [3.63, 3.8) is 0 Å². The lowest BCUT2D eigenvalue weighted by Crippen LogP contribution is -2.49. The third-order valence-electron chi connectivity index (χ3n) is 5.01. The molecular weight excluding hydrogens is 198 g/mol. The van der Waals surface area contributed by atoms with E-state index in [1.165, 1.54) is 38.5 Å². The average molecular weight is 219 g/mol. The van der Waals surface area contributed by atoms with Crippen LogP contribution in [0.1, 0.15) is 45.4 Å². The first-order valence-electron chi connectivity index (χ1n) is 6.54. The molecular formula is C14H21NO. The van der Waals surface area contributed by atoms with Gasteiger partial charge in [-0.15, -0.1) is 0 Å². The predicted octanol–water partition coefficient (Wildman–Crippen LogP) is 2.85. The van der Waals surface area contributed by atoms with E-state index < -0.39 is 0 Å². The summed E-state index contributed by atoms with van der Waals surface area (Å²) < 4.78 is 0. The first-order valence-corrected chi connectivity index (χ1v) is 6.54. The molecule has 16 heavy (non-hydrogen) atoms. The van der Waals surface area contributed by atoms with Crippen LogP contribution in [-0.4, -0.2) is 5.91 Å². The topological polar surface area (TPSA) is 29.1 Å². The smallest absolute Gasteiger partial charge is 0.220 e. The lowest BCUT2D eigenvalue weighted by molar-refractivity contribution is -0.119. The Balaban J connectivity index is 1.83. The van der Waals surface area contributed by atoms with Gasteiger partial charge in [-0.25, -0.2) is 0 Å². The number of nitrogens with one attached hydrogen (secondary N) is 1. The summed E-state index contributed by atoms with van der Waals surface area (Å²) in [6, 6.07) is 0. The van der Waals surface area contributed by atoms with Crippen LogP contribution in [0.25, 0.3) is 0 Å². The van der Waals surface area contributed by atoms with Crippen LogP contribution in [0, 0.1) is 23.2 Å². The molecule has 2 nitrogen and oxygen atoms in total. The summed E-state index contributed by atoms with van der Waals surface area (Å²) in [6.45, 7) is 5.74. The monoisotopic (exact) mass is 219 g/mol. The van der Waals surface area contributed by atoms with Gasteiger partial charge in [-0.05, 0) is 56.3 Å². The van der Waals surface area contributed by atoms with Gasteiger partial charge in [-0.1, -0.05) is 6.58 Å². The van der Waals surface area contributed by atoms with Crippen LogP contribution < -0.4 is 5.32 Å². The Kier molecular flexibility index (Phi) is 2.17. The lowest BCUT2D eigenvalue weighted by atomic mass is 9.49. The number of hydrogen-bond donors (Lipinski definition) is 1. The number of hydrogen-bond acceptors (Lipinski definition) is 1. The SMILES string of the molecule is C=C(NC(C)=O)C12CC3CC(CC(C3)C1)C2. The predicted molar refractivity (Wildman–Crippen MR) is 63.6 cm³/mol. The molecule has 0 aromatic rings. The highest BCUT2D eigenvalue weighted by Gasteiger charge is 2.52. The molecule has 0 aromatic carbocycles. The van der Waals surface area contributed by atoms with Crippen LogP contribution >= 0.6 is 0 Å². The Morgan fingerprint density at radius 1 is 1.12 bits per heavy atom. The van der Waals surface area contributed by atoms with Crippen molar-refractivity contribution in [3.05, 3.63) is 12.3 Å². The first-order chi connectivity index (χ1) is 7.57. The van der Waals surface area contributed by atoms with Gasteiger partial charge in [0.05, 0.1) is 0 Å². The Morgan fingerprint density at radius 3 is 1.94 bits per heavy atom. The normalized spacial score (nSPS) is 44.4. The summed E-state index contributed by atoms with van der Waals surface area (Å²) in [7, 11) is 0. The maximum absolute atomic E-state index is 11.2. The molecule has 0 atom stereocenters. The van der Waals surface area contributed by atoms with Gasteiger partial charge in [0.25, 0.3) is 0 Å². The van der Waals surface area contributed by atoms with Gasteiger partial charge in [-0.3, -0.25) is 4.79 Å². The summed E-state index contributed by atoms with van der Waals surface area (Å²) in [5.74, 6) is 2.78. The van der Waals surface area contributed by atoms with Crippen LogP contribution in [0.2, 0.25) is 0 Å². The summed E-state index contributed by atoms with van der Waals surface area (Å²) >= 11 is 0. The minimum Gasteiger partial charge on any atom is -0.330 e. The largest absolute Gasteiger partial charge is 0.330 e. The minimum absolute atomic E-state index is 0.0424. The van der Waals surface area contributed by atoms with Gasteiger partial charge < -0.3 is 5.32 Å². The van der Waals surface area contributed by atoms with E-state index in [1.54, 1.807) is 6.92 Å². The molecule has 0 radical (unpaired) electrons. The molecule has 0 spiro atoms. The molecule has 1 N–H and O–H groups in total. The van der Waals surface area contributed by atoms with Crippen molar-refractivity contribution >= 4 is 5.91 Å². The fourth-order valence-corrected chi connectivity index (χ4v) is 4.83. The molecule has 0 aliphatic heterocycles. The number of carbonyl (C=O) groups is 1. The van der Waals surface area contributed by atoms with Crippen LogP contribution in [0.5, 0.6) is 0 Å². The fraction of sp³-hybridized carbons (Fsp3) is 0.786. The van der Waals surface area contributed by atoms with Crippen LogP contribution in [0.3, 0.4) is 0 Å². The zero-order valence-corrected chi connectivity index (χ0v) is 10.1. The van der Waals surface area contributed by atoms with Crippen LogP contribution in [0.4, 0.5) is 0 Å². The Bertz CT molecular complexity index is 309. The molecule has 4 fully saturated rings. The molecule has 0 saturated heterocycles. The Labute approximate surface area is 97.5 Å². The van der Waals surface area contributed by atoms with Crippen molar-refractivity contribution in [1.82, 2.24) is 5.32 Å². The maximum Gasteiger partial charge on any atom is 0.220 e. The molecule has 2 heteroatoms. The number of carbonyl (C=O) groups excluding carboxylic acids is 1. The molecule has 4 aliphatic rings. The van der Waals surface area contributed by atoms with E-state index in [0.29, 0.717) is 0 Å². The van der Waals surface area contributed by atoms with E-state index >= 15 is 0 Å². The van der Waals surface area contributed by atoms with E-state index in [9.17, 15) is 4.79 Å². The zero-order chi connectivity index (χ0) is 11.3. The zero-order valence-electron chi connectivity index (χ0n) is 10.1. The molecule has 0 unspecified atom stereocenters. The molecule has 4 aliphatic carbocycles. The second kappa shape index (κ2) is 3.35. The quantitative estimate of drug-likeness (QED) is 0.760. The van der Waals surface area contributed by atoms with E-state index in [-0.39, 0.29) is 11.3 Å². The summed E-state index contributed by atoms with van der Waals surface area (Å²) in [4.78, 5) is 11.2. The highest BCUT2D eigenvalue weighted by atomic mass is 16.1. The Hall–Kier alpha value is -0.790. The van der Waals surface area contributed by atoms with Crippen molar-refractivity contribution in [2.24, 2.45) is 23.2 Å². The maximum atomic E-state index is 11.2. The molecule has 1 amide bonds. The highest BCUT2D eigenvalue weighted by Crippen LogP contribution is 2.61. The fourth-order valence-electron chi connectivity index (χ4n) is 4.83. The number of amides is 1. The van der Waals surface area contributed by atoms with Gasteiger partial charge in [0, 0.05) is 18.0 Å². The summed E-state index contributed by atoms with van der Waals surface area (Å²) in [6.07, 6.45) is 8.14. The standard InChI is InChI=1S/C14H21NO/c1-9(15-10(2)16)14-6-11-3-12(7-14)5-13(4-11)8-14/h11-13H,1,3-8H2,2H3,(H,15,16). The van der Waals surface area contributed by atoms with Crippen molar-refractivity contribution in [1.29, 1.82) is 0 Å². The number of allylic oxidation sites excluding steroid dienone is 1. The highest BCUT2D eigenvalue weighted by molar-refractivity contribution is 5.75. The van der Waals surface area contributed by atoms with Crippen LogP contribution in [0.15, 0.2) is 12.3 Å². The van der Waals surface area contributed by atoms with Crippen molar-refractivity contribution < 1.29 is 4.79 Å². The first kappa shape index (κ1) is 10.4. The average Bonchev–Trinajstić information content (AvgIpc) is 2.13. The van der Waals surface area contributed by atoms with Gasteiger partial charge in [-0.2, -0.15) is 0 Å². The van der Waals surface area contributed by atoms with Gasteiger partial charge in [0.15, 0.2) is 0 Å². The third kappa shape index (κ3) is 1.50. The molecule has 4 bridgehead atoms. The van der Waals surface area contributed by atoms with E-state index in [2.05, 4.69) is 11.9 Å². The molecule has 4 rings (SSSR count). The Morgan fingerprint density at radius 2 is 1.56 bits per heavy atom. The lowest BCUT2D eigenvalue weighted by Gasteiger charge is -2.57. The summed E-state index contributed by atoms with van der Waals surface area (Å²) in [5, 5.41) is 2.97. The van der Waals surface area contributed by atoms with E-state index in [1.807, 2.05) is 0 Å². The molecule has 0 aromatic heterocycles. The van der Waals surface area contributed by atoms with Crippen LogP contribution in [-0.2, 0) is 4.79 Å². The van der Waals surface area contributed by atoms with Gasteiger partial charge >= 0.3 is 0 Å². The third-order valence-corrected chi connectivity index (χ3v) is 5.01. The second-order valence-corrected chi connectivity index (χ2v) is 6.36. The molecule has 88 valence electrons.